The Kier molecular flexibility index (Phi) is 6.15. The van der Waals surface area contributed by atoms with Crippen molar-refractivity contribution in [3.05, 3.63) is 210 Å². The number of aromatic nitrogens is 1. The van der Waals surface area contributed by atoms with E-state index in [0.29, 0.717) is 0 Å². The number of hydrogen-bond acceptors (Lipinski definition) is 0. The van der Waals surface area contributed by atoms with Crippen LogP contribution in [-0.4, -0.2) is 4.57 Å². The van der Waals surface area contributed by atoms with Crippen molar-refractivity contribution in [2.75, 3.05) is 0 Å². The van der Waals surface area contributed by atoms with Gasteiger partial charge >= 0.3 is 0 Å². The fourth-order valence-electron chi connectivity index (χ4n) is 9.06. The van der Waals surface area contributed by atoms with Crippen LogP contribution >= 0.6 is 0 Å². The van der Waals surface area contributed by atoms with Gasteiger partial charge in [0.25, 0.3) is 0 Å². The molecule has 1 nitrogen and oxygen atoms in total. The topological polar surface area (TPSA) is 4.93 Å². The predicted molar refractivity (Wildman–Crippen MR) is 213 cm³/mol. The molecule has 11 rings (SSSR count). The van der Waals surface area contributed by atoms with Crippen LogP contribution < -0.4 is 0 Å². The molecule has 1 heteroatoms. The van der Waals surface area contributed by atoms with Gasteiger partial charge in [0, 0.05) is 22.4 Å². The lowest BCUT2D eigenvalue weighted by molar-refractivity contribution is 1.02. The first kappa shape index (κ1) is 28.4. The fraction of sp³-hybridized carbons (Fsp3) is 0.0400. The molecular formula is C50H33N. The molecule has 2 aliphatic rings. The van der Waals surface area contributed by atoms with Gasteiger partial charge in [0.15, 0.2) is 0 Å². The Bertz CT molecular complexity index is 2840. The molecule has 8 aromatic carbocycles. The molecular weight excluding hydrogens is 615 g/mol. The predicted octanol–water partition coefficient (Wildman–Crippen LogP) is 12.8. The molecule has 0 bridgehead atoms. The molecule has 0 aliphatic heterocycles. The standard InChI is InChI=1S/C50H33N/c1-2-12-32(13-3-1)50-44-20-7-6-18-41(44)42-26-24-33(30-47(42)50)34-25-27-49-46(29-34)43-19-8-9-23-48(43)51(49)37-16-10-15-35(28-37)39-21-11-22-40-38-17-5-4-14-36(38)31-45(39)40/h1-30,50H,31H2. The van der Waals surface area contributed by atoms with Gasteiger partial charge in [-0.05, 0) is 115 Å². The van der Waals surface area contributed by atoms with Crippen molar-refractivity contribution in [2.24, 2.45) is 0 Å². The van der Waals surface area contributed by atoms with E-state index in [9.17, 15) is 0 Å². The maximum absolute atomic E-state index is 2.45. The number of para-hydroxylation sites is 1. The summed E-state index contributed by atoms with van der Waals surface area (Å²) in [7, 11) is 0. The summed E-state index contributed by atoms with van der Waals surface area (Å²) in [6, 6.07) is 67.6. The summed E-state index contributed by atoms with van der Waals surface area (Å²) in [6.45, 7) is 0. The summed E-state index contributed by atoms with van der Waals surface area (Å²) in [5.41, 5.74) is 21.1. The van der Waals surface area contributed by atoms with E-state index in [1.807, 2.05) is 0 Å². The highest BCUT2D eigenvalue weighted by atomic mass is 15.0. The third-order valence-corrected chi connectivity index (χ3v) is 11.3. The summed E-state index contributed by atoms with van der Waals surface area (Å²) < 4.78 is 2.45. The van der Waals surface area contributed by atoms with Crippen LogP contribution in [0.25, 0.3) is 72.0 Å². The Morgan fingerprint density at radius 1 is 0.392 bits per heavy atom. The Morgan fingerprint density at radius 3 is 2.02 bits per heavy atom. The van der Waals surface area contributed by atoms with E-state index in [0.717, 1.165) is 6.42 Å². The second-order valence-corrected chi connectivity index (χ2v) is 14.0. The highest BCUT2D eigenvalue weighted by Crippen LogP contribution is 2.49. The molecule has 1 aromatic heterocycles. The van der Waals surface area contributed by atoms with Crippen molar-refractivity contribution < 1.29 is 0 Å². The van der Waals surface area contributed by atoms with Gasteiger partial charge in [-0.15, -0.1) is 0 Å². The number of fused-ring (bicyclic) bond motifs is 9. The minimum absolute atomic E-state index is 0.232. The Labute approximate surface area is 297 Å². The van der Waals surface area contributed by atoms with E-state index in [4.69, 9.17) is 0 Å². The summed E-state index contributed by atoms with van der Waals surface area (Å²) >= 11 is 0. The minimum atomic E-state index is 0.232. The van der Waals surface area contributed by atoms with Crippen LogP contribution in [-0.2, 0) is 6.42 Å². The van der Waals surface area contributed by atoms with Crippen LogP contribution in [0.4, 0.5) is 0 Å². The zero-order valence-corrected chi connectivity index (χ0v) is 28.1. The quantitative estimate of drug-likeness (QED) is 0.179. The third kappa shape index (κ3) is 4.28. The van der Waals surface area contributed by atoms with Gasteiger partial charge in [0.2, 0.25) is 0 Å². The zero-order chi connectivity index (χ0) is 33.5. The van der Waals surface area contributed by atoms with Crippen LogP contribution in [0.1, 0.15) is 33.7 Å². The first-order valence-electron chi connectivity index (χ1n) is 17.9. The normalized spacial score (nSPS) is 14.0. The summed E-state index contributed by atoms with van der Waals surface area (Å²) in [5, 5.41) is 2.54. The van der Waals surface area contributed by atoms with E-state index in [2.05, 4.69) is 187 Å². The monoisotopic (exact) mass is 647 g/mol. The molecule has 0 saturated heterocycles. The Morgan fingerprint density at radius 2 is 1.08 bits per heavy atom. The molecule has 1 unspecified atom stereocenters. The van der Waals surface area contributed by atoms with Crippen molar-refractivity contribution in [3.8, 4) is 50.2 Å². The number of hydrogen-bond donors (Lipinski definition) is 0. The van der Waals surface area contributed by atoms with Crippen LogP contribution in [0, 0.1) is 0 Å². The fourth-order valence-corrected chi connectivity index (χ4v) is 9.06. The molecule has 0 saturated carbocycles. The van der Waals surface area contributed by atoms with Crippen molar-refractivity contribution >= 4 is 21.8 Å². The van der Waals surface area contributed by atoms with E-state index < -0.39 is 0 Å². The molecule has 238 valence electrons. The summed E-state index contributed by atoms with van der Waals surface area (Å²) in [4.78, 5) is 0. The first-order valence-corrected chi connectivity index (χ1v) is 17.9. The van der Waals surface area contributed by atoms with Crippen LogP contribution in [0.15, 0.2) is 182 Å². The van der Waals surface area contributed by atoms with Gasteiger partial charge < -0.3 is 4.57 Å². The molecule has 0 radical (unpaired) electrons. The molecule has 0 fully saturated rings. The van der Waals surface area contributed by atoms with E-state index in [1.54, 1.807) is 0 Å². The number of rotatable bonds is 4. The van der Waals surface area contributed by atoms with Crippen molar-refractivity contribution in [2.45, 2.75) is 12.3 Å². The largest absolute Gasteiger partial charge is 0.309 e. The van der Waals surface area contributed by atoms with E-state index >= 15 is 0 Å². The molecule has 51 heavy (non-hydrogen) atoms. The molecule has 2 aliphatic carbocycles. The summed E-state index contributed by atoms with van der Waals surface area (Å²) in [5.74, 6) is 0.232. The highest BCUT2D eigenvalue weighted by Gasteiger charge is 2.30. The number of nitrogens with zero attached hydrogens (tertiary/aromatic N) is 1. The lowest BCUT2D eigenvalue weighted by atomic mass is 9.88. The van der Waals surface area contributed by atoms with Gasteiger partial charge in [-0.1, -0.05) is 146 Å². The SMILES string of the molecule is c1ccc(C2c3ccccc3-c3ccc(-c4ccc5c(c4)c4ccccc4n5-c4cccc(-c5cccc6c5Cc5ccccc5-6)c4)cc32)cc1. The second-order valence-electron chi connectivity index (χ2n) is 14.0. The maximum Gasteiger partial charge on any atom is 0.0541 e. The molecule has 1 heterocycles. The maximum atomic E-state index is 2.45. The molecule has 0 spiro atoms. The van der Waals surface area contributed by atoms with Crippen molar-refractivity contribution in [1.82, 2.24) is 4.57 Å². The average Bonchev–Trinajstić information content (AvgIpc) is 3.85. The molecule has 0 N–H and O–H groups in total. The van der Waals surface area contributed by atoms with E-state index in [-0.39, 0.29) is 5.92 Å². The van der Waals surface area contributed by atoms with E-state index in [1.165, 1.54) is 99.8 Å². The summed E-state index contributed by atoms with van der Waals surface area (Å²) in [6.07, 6.45) is 0.977. The van der Waals surface area contributed by atoms with Crippen LogP contribution in [0.5, 0.6) is 0 Å². The van der Waals surface area contributed by atoms with Gasteiger partial charge in [-0.3, -0.25) is 0 Å². The van der Waals surface area contributed by atoms with Crippen molar-refractivity contribution in [1.29, 1.82) is 0 Å². The lowest BCUT2D eigenvalue weighted by Crippen LogP contribution is -1.99. The van der Waals surface area contributed by atoms with Gasteiger partial charge in [0.1, 0.15) is 0 Å². The second kappa shape index (κ2) is 11.0. The van der Waals surface area contributed by atoms with Crippen LogP contribution in [0.2, 0.25) is 0 Å². The van der Waals surface area contributed by atoms with Gasteiger partial charge in [-0.25, -0.2) is 0 Å². The van der Waals surface area contributed by atoms with Gasteiger partial charge in [0.05, 0.1) is 11.0 Å². The zero-order valence-electron chi connectivity index (χ0n) is 28.1. The van der Waals surface area contributed by atoms with Gasteiger partial charge in [-0.2, -0.15) is 0 Å². The Balaban J connectivity index is 1.04. The smallest absolute Gasteiger partial charge is 0.0541 e. The highest BCUT2D eigenvalue weighted by molar-refractivity contribution is 6.10. The molecule has 1 atom stereocenters. The van der Waals surface area contributed by atoms with Crippen LogP contribution in [0.3, 0.4) is 0 Å². The number of benzene rings is 8. The average molecular weight is 648 g/mol. The first-order chi connectivity index (χ1) is 25.3. The van der Waals surface area contributed by atoms with Crippen molar-refractivity contribution in [3.63, 3.8) is 0 Å². The molecule has 9 aromatic rings. The Hall–Kier alpha value is -6.44. The third-order valence-electron chi connectivity index (χ3n) is 11.3. The minimum Gasteiger partial charge on any atom is -0.309 e. The lowest BCUT2D eigenvalue weighted by Gasteiger charge is -2.15. The molecule has 0 amide bonds.